The maximum Gasteiger partial charge on any atom is 0.488 e. The molecule has 1 aromatic carbocycles. The van der Waals surface area contributed by atoms with Crippen molar-refractivity contribution in [3.05, 3.63) is 12.1 Å². The van der Waals surface area contributed by atoms with E-state index in [1.165, 1.54) is 19.2 Å². The fraction of sp³-hybridized carbons (Fsp3) is 0.333. The van der Waals surface area contributed by atoms with Crippen LogP contribution in [0.2, 0.25) is 0 Å². The highest BCUT2D eigenvalue weighted by Crippen LogP contribution is 2.37. The Morgan fingerprint density at radius 3 is 2.67 bits per heavy atom. The molecule has 1 aromatic rings. The molecule has 0 fully saturated rings. The van der Waals surface area contributed by atoms with E-state index in [0.29, 0.717) is 35.9 Å². The molecule has 0 saturated carbocycles. The molecule has 80 valence electrons. The summed E-state index contributed by atoms with van der Waals surface area (Å²) in [5.41, 5.74) is 0.316. The number of benzene rings is 1. The normalized spacial score (nSPS) is 13.5. The first kappa shape index (κ1) is 10.1. The number of methoxy groups -OCH3 is 1. The first-order chi connectivity index (χ1) is 7.22. The van der Waals surface area contributed by atoms with Crippen LogP contribution >= 0.6 is 0 Å². The number of ether oxygens (including phenoxy) is 3. The van der Waals surface area contributed by atoms with Crippen molar-refractivity contribution in [3.63, 3.8) is 0 Å². The van der Waals surface area contributed by atoms with E-state index in [0.717, 1.165) is 0 Å². The molecule has 0 spiro atoms. The van der Waals surface area contributed by atoms with Crippen molar-refractivity contribution in [2.24, 2.45) is 0 Å². The average molecular weight is 210 g/mol. The Kier molecular flexibility index (Phi) is 2.70. The van der Waals surface area contributed by atoms with Gasteiger partial charge in [0.1, 0.15) is 13.2 Å². The van der Waals surface area contributed by atoms with Crippen molar-refractivity contribution in [2.75, 3.05) is 20.3 Å². The molecule has 0 aliphatic carbocycles. The standard InChI is InChI=1S/C9H11BO5/c1-13-7-4-6(10(11)12)5-8-9(7)15-3-2-14-8/h4-5,11-12H,2-3H2,1H3. The Morgan fingerprint density at radius 1 is 1.27 bits per heavy atom. The van der Waals surface area contributed by atoms with E-state index < -0.39 is 7.12 Å². The van der Waals surface area contributed by atoms with E-state index in [2.05, 4.69) is 0 Å². The SMILES string of the molecule is COc1cc(B(O)O)cc2c1OCCO2. The molecule has 1 aliphatic rings. The number of hydrogen-bond donors (Lipinski definition) is 2. The third kappa shape index (κ3) is 1.86. The van der Waals surface area contributed by atoms with Gasteiger partial charge in [-0.3, -0.25) is 0 Å². The van der Waals surface area contributed by atoms with Crippen LogP contribution in [0.5, 0.6) is 17.2 Å². The molecule has 1 aliphatic heterocycles. The third-order valence-corrected chi connectivity index (χ3v) is 2.15. The lowest BCUT2D eigenvalue weighted by molar-refractivity contribution is 0.165. The zero-order valence-corrected chi connectivity index (χ0v) is 8.27. The molecule has 1 heterocycles. The van der Waals surface area contributed by atoms with Crippen LogP contribution in [0.4, 0.5) is 0 Å². The summed E-state index contributed by atoms with van der Waals surface area (Å²) in [6, 6.07) is 3.04. The number of rotatable bonds is 2. The molecular weight excluding hydrogens is 199 g/mol. The summed E-state index contributed by atoms with van der Waals surface area (Å²) in [6.45, 7) is 0.908. The number of hydrogen-bond acceptors (Lipinski definition) is 5. The summed E-state index contributed by atoms with van der Waals surface area (Å²) in [6.07, 6.45) is 0. The van der Waals surface area contributed by atoms with Crippen LogP contribution in [0.1, 0.15) is 0 Å². The van der Waals surface area contributed by atoms with Gasteiger partial charge in [-0.2, -0.15) is 0 Å². The highest BCUT2D eigenvalue weighted by atomic mass is 16.6. The van der Waals surface area contributed by atoms with Crippen molar-refractivity contribution in [2.45, 2.75) is 0 Å². The van der Waals surface area contributed by atoms with Gasteiger partial charge in [-0.15, -0.1) is 0 Å². The molecule has 0 saturated heterocycles. The first-order valence-electron chi connectivity index (χ1n) is 4.56. The summed E-state index contributed by atoms with van der Waals surface area (Å²) >= 11 is 0. The van der Waals surface area contributed by atoms with Gasteiger partial charge in [0.25, 0.3) is 0 Å². The minimum Gasteiger partial charge on any atom is -0.493 e. The molecule has 0 bridgehead atoms. The summed E-state index contributed by atoms with van der Waals surface area (Å²) in [7, 11) is -0.0593. The highest BCUT2D eigenvalue weighted by Gasteiger charge is 2.22. The lowest BCUT2D eigenvalue weighted by Gasteiger charge is -2.21. The van der Waals surface area contributed by atoms with Crippen LogP contribution in [0.15, 0.2) is 12.1 Å². The second-order valence-electron chi connectivity index (χ2n) is 3.12. The summed E-state index contributed by atoms with van der Waals surface area (Å²) in [5, 5.41) is 18.1. The summed E-state index contributed by atoms with van der Waals surface area (Å²) in [5.74, 6) is 1.42. The average Bonchev–Trinajstić information content (AvgIpc) is 2.27. The van der Waals surface area contributed by atoms with Gasteiger partial charge in [-0.25, -0.2) is 0 Å². The van der Waals surface area contributed by atoms with Gasteiger partial charge in [0.2, 0.25) is 5.75 Å². The predicted molar refractivity (Wildman–Crippen MR) is 53.8 cm³/mol. The third-order valence-electron chi connectivity index (χ3n) is 2.15. The molecule has 2 N–H and O–H groups in total. The maximum absolute atomic E-state index is 9.05. The van der Waals surface area contributed by atoms with Gasteiger partial charge in [-0.1, -0.05) is 0 Å². The van der Waals surface area contributed by atoms with Crippen molar-refractivity contribution in [1.82, 2.24) is 0 Å². The maximum atomic E-state index is 9.05. The van der Waals surface area contributed by atoms with Crippen molar-refractivity contribution in [3.8, 4) is 17.2 Å². The van der Waals surface area contributed by atoms with Crippen molar-refractivity contribution in [1.29, 1.82) is 0 Å². The van der Waals surface area contributed by atoms with Crippen molar-refractivity contribution >= 4 is 12.6 Å². The largest absolute Gasteiger partial charge is 0.493 e. The van der Waals surface area contributed by atoms with E-state index in [9.17, 15) is 0 Å². The van der Waals surface area contributed by atoms with E-state index >= 15 is 0 Å². The monoisotopic (exact) mass is 210 g/mol. The molecule has 0 unspecified atom stereocenters. The minimum absolute atomic E-state index is 0.316. The Morgan fingerprint density at radius 2 is 2.00 bits per heavy atom. The van der Waals surface area contributed by atoms with Gasteiger partial charge >= 0.3 is 7.12 Å². The van der Waals surface area contributed by atoms with Crippen molar-refractivity contribution < 1.29 is 24.3 Å². The zero-order chi connectivity index (χ0) is 10.8. The quantitative estimate of drug-likeness (QED) is 0.622. The summed E-state index contributed by atoms with van der Waals surface area (Å²) in [4.78, 5) is 0. The minimum atomic E-state index is -1.55. The summed E-state index contributed by atoms with van der Waals surface area (Å²) < 4.78 is 15.8. The van der Waals surface area contributed by atoms with E-state index in [1.54, 1.807) is 0 Å². The highest BCUT2D eigenvalue weighted by molar-refractivity contribution is 6.58. The van der Waals surface area contributed by atoms with Gasteiger partial charge in [-0.05, 0) is 17.6 Å². The Labute approximate surface area is 87.3 Å². The Balaban J connectivity index is 2.48. The second kappa shape index (κ2) is 4.00. The van der Waals surface area contributed by atoms with Gasteiger partial charge in [0.15, 0.2) is 11.5 Å². The molecule has 5 nitrogen and oxygen atoms in total. The van der Waals surface area contributed by atoms with E-state index in [1.807, 2.05) is 0 Å². The van der Waals surface area contributed by atoms with Crippen LogP contribution in [0.3, 0.4) is 0 Å². The van der Waals surface area contributed by atoms with Gasteiger partial charge in [0.05, 0.1) is 7.11 Å². The lowest BCUT2D eigenvalue weighted by atomic mass is 9.80. The van der Waals surface area contributed by atoms with E-state index in [4.69, 9.17) is 24.3 Å². The van der Waals surface area contributed by atoms with Gasteiger partial charge < -0.3 is 24.3 Å². The first-order valence-corrected chi connectivity index (χ1v) is 4.56. The predicted octanol–water partition coefficient (Wildman–Crippen LogP) is -0.854. The molecule has 6 heteroatoms. The topological polar surface area (TPSA) is 68.2 Å². The Hall–Kier alpha value is -1.40. The fourth-order valence-corrected chi connectivity index (χ4v) is 1.44. The molecule has 15 heavy (non-hydrogen) atoms. The lowest BCUT2D eigenvalue weighted by Crippen LogP contribution is -2.31. The molecule has 0 aromatic heterocycles. The van der Waals surface area contributed by atoms with Crippen LogP contribution in [0.25, 0.3) is 0 Å². The zero-order valence-electron chi connectivity index (χ0n) is 8.27. The second-order valence-corrected chi connectivity index (χ2v) is 3.12. The molecule has 0 radical (unpaired) electrons. The number of fused-ring (bicyclic) bond motifs is 1. The molecule has 2 rings (SSSR count). The fourth-order valence-electron chi connectivity index (χ4n) is 1.44. The van der Waals surface area contributed by atoms with Crippen LogP contribution in [-0.2, 0) is 0 Å². The molecule has 0 atom stereocenters. The van der Waals surface area contributed by atoms with Crippen LogP contribution in [0, 0.1) is 0 Å². The van der Waals surface area contributed by atoms with Crippen LogP contribution < -0.4 is 19.7 Å². The molecule has 0 amide bonds. The smallest absolute Gasteiger partial charge is 0.488 e. The molecular formula is C9H11BO5. The van der Waals surface area contributed by atoms with E-state index in [-0.39, 0.29) is 0 Å². The Bertz CT molecular complexity index is 349. The van der Waals surface area contributed by atoms with Gasteiger partial charge in [0, 0.05) is 0 Å². The van der Waals surface area contributed by atoms with Crippen LogP contribution in [-0.4, -0.2) is 37.5 Å².